The van der Waals surface area contributed by atoms with Crippen molar-refractivity contribution >= 4 is 27.6 Å². The van der Waals surface area contributed by atoms with E-state index in [0.717, 1.165) is 4.31 Å². The number of carboxylic acids is 1. The van der Waals surface area contributed by atoms with E-state index in [9.17, 15) is 35.9 Å². The van der Waals surface area contributed by atoms with Crippen molar-refractivity contribution in [3.05, 3.63) is 59.4 Å². The van der Waals surface area contributed by atoms with Gasteiger partial charge in [0.05, 0.1) is 24.1 Å². The molecule has 0 fully saturated rings. The zero-order valence-corrected chi connectivity index (χ0v) is 19.7. The summed E-state index contributed by atoms with van der Waals surface area (Å²) in [6, 6.07) is 9.84. The van der Waals surface area contributed by atoms with E-state index in [1.165, 1.54) is 38.4 Å². The number of alkyl halides is 3. The third-order valence-electron chi connectivity index (χ3n) is 4.45. The second-order valence-electron chi connectivity index (χ2n) is 7.26. The van der Waals surface area contributed by atoms with Gasteiger partial charge in [0, 0.05) is 25.3 Å². The minimum atomic E-state index is -5.08. The zero-order chi connectivity index (χ0) is 27.0. The van der Waals surface area contributed by atoms with Crippen LogP contribution >= 0.6 is 0 Å². The van der Waals surface area contributed by atoms with Crippen LogP contribution in [0.1, 0.15) is 17.2 Å². The fourth-order valence-electron chi connectivity index (χ4n) is 2.60. The Bertz CT molecular complexity index is 1140. The van der Waals surface area contributed by atoms with E-state index in [2.05, 4.69) is 10.6 Å². The van der Waals surface area contributed by atoms with Gasteiger partial charge < -0.3 is 15.5 Å². The highest BCUT2D eigenvalue weighted by Crippen LogP contribution is 2.22. The largest absolute Gasteiger partial charge is 0.490 e. The van der Waals surface area contributed by atoms with Crippen LogP contribution in [0.25, 0.3) is 0 Å². The molecule has 0 aliphatic heterocycles. The van der Waals surface area contributed by atoms with Gasteiger partial charge in [0.1, 0.15) is 5.82 Å². The van der Waals surface area contributed by atoms with Gasteiger partial charge in [0.15, 0.2) is 0 Å². The number of hydrogen-bond donors (Lipinski definition) is 4. The number of carbonyl (C=O) groups excluding carboxylic acids is 1. The Labute approximate surface area is 199 Å². The molecule has 0 bridgehead atoms. The molecule has 0 aliphatic rings. The molecular weight excluding hydrogens is 498 g/mol. The number of aliphatic hydroxyl groups excluding tert-OH is 1. The van der Waals surface area contributed by atoms with Gasteiger partial charge in [-0.15, -0.1) is 0 Å². The van der Waals surface area contributed by atoms with Crippen molar-refractivity contribution < 1.29 is 45.8 Å². The van der Waals surface area contributed by atoms with E-state index in [1.807, 2.05) is 0 Å². The van der Waals surface area contributed by atoms with Gasteiger partial charge >= 0.3 is 12.1 Å². The molecule has 0 saturated carbocycles. The molecule has 0 saturated heterocycles. The number of aryl methyl sites for hydroxylation is 1. The fraction of sp³-hybridized carbons (Fsp3) is 0.333. The second kappa shape index (κ2) is 12.6. The zero-order valence-electron chi connectivity index (χ0n) is 18.9. The third kappa shape index (κ3) is 8.90. The highest BCUT2D eigenvalue weighted by atomic mass is 32.2. The van der Waals surface area contributed by atoms with Crippen molar-refractivity contribution in [3.8, 4) is 0 Å². The summed E-state index contributed by atoms with van der Waals surface area (Å²) in [5.41, 5.74) is 1.14. The number of anilines is 1. The molecule has 2 aromatic carbocycles. The second-order valence-corrected chi connectivity index (χ2v) is 9.38. The molecule has 0 aliphatic carbocycles. The van der Waals surface area contributed by atoms with Crippen molar-refractivity contribution in [2.75, 3.05) is 32.6 Å². The first-order valence-corrected chi connectivity index (χ1v) is 11.3. The molecule has 4 N–H and O–H groups in total. The molecule has 9 nitrogen and oxygen atoms in total. The van der Waals surface area contributed by atoms with Crippen molar-refractivity contribution in [2.45, 2.75) is 24.0 Å². The number of halogens is 4. The Hall–Kier alpha value is -3.07. The minimum Gasteiger partial charge on any atom is -0.475 e. The predicted octanol–water partition coefficient (Wildman–Crippen LogP) is 2.28. The van der Waals surface area contributed by atoms with Crippen LogP contribution in [0.4, 0.5) is 23.2 Å². The summed E-state index contributed by atoms with van der Waals surface area (Å²) in [5, 5.41) is 22.0. The number of carboxylic acid groups (broad SMARTS) is 1. The Morgan fingerprint density at radius 3 is 2.17 bits per heavy atom. The van der Waals surface area contributed by atoms with E-state index in [4.69, 9.17) is 9.90 Å². The quantitative estimate of drug-likeness (QED) is 0.390. The third-order valence-corrected chi connectivity index (χ3v) is 6.40. The average molecular weight is 524 g/mol. The first-order chi connectivity index (χ1) is 16.1. The normalized spacial score (nSPS) is 12.5. The highest BCUT2D eigenvalue weighted by molar-refractivity contribution is 7.89. The van der Waals surface area contributed by atoms with Crippen LogP contribution in [0.15, 0.2) is 47.4 Å². The van der Waals surface area contributed by atoms with Crippen molar-refractivity contribution in [1.29, 1.82) is 0 Å². The topological polar surface area (TPSA) is 136 Å². The van der Waals surface area contributed by atoms with Gasteiger partial charge in [-0.1, -0.05) is 24.3 Å². The molecule has 0 heterocycles. The lowest BCUT2D eigenvalue weighted by Gasteiger charge is -2.18. The number of benzene rings is 2. The number of rotatable bonds is 8. The molecule has 14 heteroatoms. The number of aliphatic hydroxyl groups is 1. The molecule has 35 heavy (non-hydrogen) atoms. The van der Waals surface area contributed by atoms with E-state index in [0.29, 0.717) is 11.3 Å². The summed E-state index contributed by atoms with van der Waals surface area (Å²) in [4.78, 5) is 21.2. The maximum absolute atomic E-state index is 13.8. The summed E-state index contributed by atoms with van der Waals surface area (Å²) in [7, 11) is -0.780. The van der Waals surface area contributed by atoms with Gasteiger partial charge in [0.2, 0.25) is 15.9 Å². The van der Waals surface area contributed by atoms with Gasteiger partial charge in [0.25, 0.3) is 0 Å². The summed E-state index contributed by atoms with van der Waals surface area (Å²) >= 11 is 0. The van der Waals surface area contributed by atoms with Crippen LogP contribution in [0.5, 0.6) is 0 Å². The molecule has 0 radical (unpaired) electrons. The maximum atomic E-state index is 13.8. The summed E-state index contributed by atoms with van der Waals surface area (Å²) in [5.74, 6) is -3.69. The smallest absolute Gasteiger partial charge is 0.475 e. The number of carbonyl (C=O) groups is 2. The van der Waals surface area contributed by atoms with E-state index >= 15 is 0 Å². The monoisotopic (exact) mass is 523 g/mol. The molecular formula is C21H25F4N3O6S. The Morgan fingerprint density at radius 1 is 1.11 bits per heavy atom. The lowest BCUT2D eigenvalue weighted by Crippen LogP contribution is -2.33. The van der Waals surface area contributed by atoms with Crippen molar-refractivity contribution in [3.63, 3.8) is 0 Å². The first kappa shape index (κ1) is 30.0. The summed E-state index contributed by atoms with van der Waals surface area (Å²) in [6.07, 6.45) is -5.08. The van der Waals surface area contributed by atoms with Gasteiger partial charge in [-0.25, -0.2) is 21.9 Å². The van der Waals surface area contributed by atoms with E-state index < -0.39 is 39.9 Å². The molecule has 0 spiro atoms. The van der Waals surface area contributed by atoms with Crippen LogP contribution < -0.4 is 10.6 Å². The number of sulfonamides is 1. The number of aliphatic carboxylic acids is 1. The van der Waals surface area contributed by atoms with Crippen LogP contribution in [0.3, 0.4) is 0 Å². The molecule has 194 valence electrons. The molecule has 2 aromatic rings. The molecule has 1 unspecified atom stereocenters. The Morgan fingerprint density at radius 2 is 1.69 bits per heavy atom. The lowest BCUT2D eigenvalue weighted by molar-refractivity contribution is -0.192. The van der Waals surface area contributed by atoms with Gasteiger partial charge in [-0.2, -0.15) is 13.2 Å². The average Bonchev–Trinajstić information content (AvgIpc) is 2.76. The summed E-state index contributed by atoms with van der Waals surface area (Å²) < 4.78 is 71.4. The van der Waals surface area contributed by atoms with Gasteiger partial charge in [-0.3, -0.25) is 10.1 Å². The molecule has 1 atom stereocenters. The Kier molecular flexibility index (Phi) is 10.8. The number of nitrogens with one attached hydrogen (secondary N) is 2. The Balaban J connectivity index is 0.000000762. The van der Waals surface area contributed by atoms with Crippen molar-refractivity contribution in [1.82, 2.24) is 9.62 Å². The van der Waals surface area contributed by atoms with Crippen LogP contribution in [-0.2, 0) is 19.6 Å². The summed E-state index contributed by atoms with van der Waals surface area (Å²) in [6.45, 7) is 1.09. The van der Waals surface area contributed by atoms with Crippen LogP contribution in [0, 0.1) is 12.7 Å². The number of amides is 1. The lowest BCUT2D eigenvalue weighted by atomic mass is 10.1. The van der Waals surface area contributed by atoms with Crippen LogP contribution in [-0.4, -0.2) is 68.2 Å². The SMILES string of the molecule is Cc1ccc(NC(=O)CNC(CO)c2ccccc2F)cc1S(=O)(=O)N(C)C.O=C(O)C(F)(F)F. The fourth-order valence-corrected chi connectivity index (χ4v) is 3.75. The number of nitrogens with zero attached hydrogens (tertiary/aromatic N) is 1. The minimum absolute atomic E-state index is 0.0999. The first-order valence-electron chi connectivity index (χ1n) is 9.83. The van der Waals surface area contributed by atoms with Crippen LogP contribution in [0.2, 0.25) is 0 Å². The standard InChI is InChI=1S/C19H24FN3O4S.C2HF3O2/c1-13-8-9-14(10-18(13)28(26,27)23(2)3)22-19(25)11-21-17(12-24)15-6-4-5-7-16(15)20;3-2(4,5)1(6)7/h4-10,17,21,24H,11-12H2,1-3H3,(H,22,25);(H,6,7). The predicted molar refractivity (Wildman–Crippen MR) is 119 cm³/mol. The molecule has 2 rings (SSSR count). The van der Waals surface area contributed by atoms with Crippen molar-refractivity contribution in [2.24, 2.45) is 0 Å². The highest BCUT2D eigenvalue weighted by Gasteiger charge is 2.38. The van der Waals surface area contributed by atoms with E-state index in [1.54, 1.807) is 25.1 Å². The molecule has 1 amide bonds. The number of hydrogen-bond acceptors (Lipinski definition) is 6. The molecule has 0 aromatic heterocycles. The maximum Gasteiger partial charge on any atom is 0.490 e. The van der Waals surface area contributed by atoms with Gasteiger partial charge in [-0.05, 0) is 30.7 Å². The van der Waals surface area contributed by atoms with E-state index in [-0.39, 0.29) is 23.6 Å².